The molecule has 0 aliphatic heterocycles. The summed E-state index contributed by atoms with van der Waals surface area (Å²) in [5.74, 6) is -1.32. The number of aromatic nitrogens is 2. The molecule has 3 aromatic rings. The first kappa shape index (κ1) is 20.3. The summed E-state index contributed by atoms with van der Waals surface area (Å²) in [5.41, 5.74) is 1.33. The Morgan fingerprint density at radius 2 is 1.93 bits per heavy atom. The van der Waals surface area contributed by atoms with Crippen molar-refractivity contribution in [2.45, 2.75) is 12.7 Å². The van der Waals surface area contributed by atoms with Crippen molar-refractivity contribution in [2.75, 3.05) is 0 Å². The van der Waals surface area contributed by atoms with Crippen molar-refractivity contribution in [3.05, 3.63) is 78.3 Å². The van der Waals surface area contributed by atoms with Crippen LogP contribution in [-0.4, -0.2) is 15.7 Å². The van der Waals surface area contributed by atoms with Crippen LogP contribution in [0.2, 0.25) is 0 Å². The SMILES string of the molecule is C=CC(=O)NCc1ccc(-c2ccc(C(F)(F)F)cc2F)cc1-c1ccn(C)n1. The van der Waals surface area contributed by atoms with Crippen LogP contribution in [-0.2, 0) is 24.6 Å². The smallest absolute Gasteiger partial charge is 0.348 e. The van der Waals surface area contributed by atoms with Gasteiger partial charge in [-0.05, 0) is 41.5 Å². The van der Waals surface area contributed by atoms with Crippen LogP contribution in [0.3, 0.4) is 0 Å². The van der Waals surface area contributed by atoms with E-state index < -0.39 is 17.6 Å². The number of hydrogen-bond donors (Lipinski definition) is 1. The second kappa shape index (κ2) is 7.90. The Bertz CT molecular complexity index is 1070. The summed E-state index contributed by atoms with van der Waals surface area (Å²) >= 11 is 0. The number of halogens is 4. The molecule has 0 bridgehead atoms. The van der Waals surface area contributed by atoms with Crippen molar-refractivity contribution >= 4 is 5.91 Å². The summed E-state index contributed by atoms with van der Waals surface area (Å²) in [4.78, 5) is 11.5. The van der Waals surface area contributed by atoms with Gasteiger partial charge in [-0.1, -0.05) is 24.8 Å². The first-order valence-electron chi connectivity index (χ1n) is 8.59. The third kappa shape index (κ3) is 4.53. The maximum Gasteiger partial charge on any atom is 0.416 e. The first-order valence-corrected chi connectivity index (χ1v) is 8.59. The number of amides is 1. The molecule has 3 rings (SSSR count). The fourth-order valence-corrected chi connectivity index (χ4v) is 2.88. The highest BCUT2D eigenvalue weighted by Crippen LogP contribution is 2.34. The van der Waals surface area contributed by atoms with Crippen LogP contribution in [0, 0.1) is 5.82 Å². The molecule has 0 unspecified atom stereocenters. The number of aryl methyl sites for hydroxylation is 1. The van der Waals surface area contributed by atoms with E-state index in [2.05, 4.69) is 17.0 Å². The number of alkyl halides is 3. The van der Waals surface area contributed by atoms with Crippen LogP contribution >= 0.6 is 0 Å². The Morgan fingerprint density at radius 3 is 2.52 bits per heavy atom. The number of carbonyl (C=O) groups is 1. The van der Waals surface area contributed by atoms with E-state index in [4.69, 9.17) is 0 Å². The molecule has 2 aromatic carbocycles. The van der Waals surface area contributed by atoms with Gasteiger partial charge in [0.15, 0.2) is 0 Å². The zero-order chi connectivity index (χ0) is 21.2. The van der Waals surface area contributed by atoms with Gasteiger partial charge >= 0.3 is 6.18 Å². The third-order valence-corrected chi connectivity index (χ3v) is 4.35. The van der Waals surface area contributed by atoms with Gasteiger partial charge in [0.05, 0.1) is 11.3 Å². The Balaban J connectivity index is 2.05. The highest BCUT2D eigenvalue weighted by molar-refractivity contribution is 5.87. The Labute approximate surface area is 164 Å². The number of hydrogen-bond acceptors (Lipinski definition) is 2. The normalized spacial score (nSPS) is 11.3. The predicted octanol–water partition coefficient (Wildman–Crippen LogP) is 4.71. The summed E-state index contributed by atoms with van der Waals surface area (Å²) in [5, 5.41) is 7.00. The summed E-state index contributed by atoms with van der Waals surface area (Å²) < 4.78 is 54.4. The summed E-state index contributed by atoms with van der Waals surface area (Å²) in [6.45, 7) is 3.58. The Kier molecular flexibility index (Phi) is 5.54. The van der Waals surface area contributed by atoms with Crippen LogP contribution < -0.4 is 5.32 Å². The van der Waals surface area contributed by atoms with Gasteiger partial charge in [0.1, 0.15) is 5.82 Å². The number of benzene rings is 2. The fraction of sp³-hybridized carbons (Fsp3) is 0.143. The molecular formula is C21H17F4N3O. The van der Waals surface area contributed by atoms with E-state index in [1.165, 1.54) is 0 Å². The zero-order valence-corrected chi connectivity index (χ0v) is 15.4. The number of rotatable bonds is 5. The van der Waals surface area contributed by atoms with E-state index in [1.807, 2.05) is 0 Å². The lowest BCUT2D eigenvalue weighted by Crippen LogP contribution is -2.20. The molecular weight excluding hydrogens is 386 g/mol. The fourth-order valence-electron chi connectivity index (χ4n) is 2.88. The molecule has 0 saturated carbocycles. The van der Waals surface area contributed by atoms with Crippen LogP contribution in [0.15, 0.2) is 61.3 Å². The topological polar surface area (TPSA) is 46.9 Å². The van der Waals surface area contributed by atoms with Crippen LogP contribution in [0.5, 0.6) is 0 Å². The molecule has 0 fully saturated rings. The molecule has 1 heterocycles. The average Bonchev–Trinajstić information content (AvgIpc) is 3.11. The first-order chi connectivity index (χ1) is 13.7. The summed E-state index contributed by atoms with van der Waals surface area (Å²) in [7, 11) is 1.74. The maximum atomic E-state index is 14.4. The van der Waals surface area contributed by atoms with E-state index in [0.29, 0.717) is 22.9 Å². The number of carbonyl (C=O) groups excluding carboxylic acids is 1. The van der Waals surface area contributed by atoms with Gasteiger partial charge in [-0.2, -0.15) is 18.3 Å². The van der Waals surface area contributed by atoms with E-state index in [0.717, 1.165) is 23.8 Å². The minimum atomic E-state index is -4.62. The van der Waals surface area contributed by atoms with Crippen molar-refractivity contribution in [2.24, 2.45) is 7.05 Å². The van der Waals surface area contributed by atoms with Crippen molar-refractivity contribution in [1.82, 2.24) is 15.1 Å². The minimum Gasteiger partial charge on any atom is -0.348 e. The minimum absolute atomic E-state index is 0.0388. The monoisotopic (exact) mass is 403 g/mol. The predicted molar refractivity (Wildman–Crippen MR) is 101 cm³/mol. The Morgan fingerprint density at radius 1 is 1.17 bits per heavy atom. The molecule has 1 aromatic heterocycles. The molecule has 0 aliphatic rings. The molecule has 1 N–H and O–H groups in total. The number of nitrogens with one attached hydrogen (secondary N) is 1. The van der Waals surface area contributed by atoms with E-state index in [-0.39, 0.29) is 18.0 Å². The lowest BCUT2D eigenvalue weighted by atomic mass is 9.96. The molecule has 29 heavy (non-hydrogen) atoms. The molecule has 0 aliphatic carbocycles. The molecule has 0 spiro atoms. The highest BCUT2D eigenvalue weighted by atomic mass is 19.4. The molecule has 1 amide bonds. The molecule has 0 radical (unpaired) electrons. The van der Waals surface area contributed by atoms with Gasteiger partial charge in [-0.3, -0.25) is 9.48 Å². The van der Waals surface area contributed by atoms with Crippen molar-refractivity contribution < 1.29 is 22.4 Å². The van der Waals surface area contributed by atoms with Crippen LogP contribution in [0.1, 0.15) is 11.1 Å². The van der Waals surface area contributed by atoms with Crippen molar-refractivity contribution in [3.63, 3.8) is 0 Å². The lowest BCUT2D eigenvalue weighted by molar-refractivity contribution is -0.137. The highest BCUT2D eigenvalue weighted by Gasteiger charge is 2.31. The third-order valence-electron chi connectivity index (χ3n) is 4.35. The van der Waals surface area contributed by atoms with E-state index in [9.17, 15) is 22.4 Å². The molecule has 0 saturated heterocycles. The quantitative estimate of drug-likeness (QED) is 0.495. The van der Waals surface area contributed by atoms with Crippen LogP contribution in [0.25, 0.3) is 22.4 Å². The van der Waals surface area contributed by atoms with Crippen LogP contribution in [0.4, 0.5) is 17.6 Å². The molecule has 8 heteroatoms. The van der Waals surface area contributed by atoms with Gasteiger partial charge in [0.25, 0.3) is 0 Å². The van der Waals surface area contributed by atoms with Crippen molar-refractivity contribution in [3.8, 4) is 22.4 Å². The summed E-state index contributed by atoms with van der Waals surface area (Å²) in [6.07, 6.45) is -1.75. The molecule has 150 valence electrons. The van der Waals surface area contributed by atoms with Gasteiger partial charge < -0.3 is 5.32 Å². The molecule has 4 nitrogen and oxygen atoms in total. The second-order valence-electron chi connectivity index (χ2n) is 6.36. The second-order valence-corrected chi connectivity index (χ2v) is 6.36. The lowest BCUT2D eigenvalue weighted by Gasteiger charge is -2.13. The zero-order valence-electron chi connectivity index (χ0n) is 15.4. The van der Waals surface area contributed by atoms with E-state index >= 15 is 0 Å². The van der Waals surface area contributed by atoms with Gasteiger partial charge in [-0.25, -0.2) is 4.39 Å². The molecule has 0 atom stereocenters. The van der Waals surface area contributed by atoms with Gasteiger partial charge in [-0.15, -0.1) is 0 Å². The largest absolute Gasteiger partial charge is 0.416 e. The van der Waals surface area contributed by atoms with Crippen molar-refractivity contribution in [1.29, 1.82) is 0 Å². The van der Waals surface area contributed by atoms with E-state index in [1.54, 1.807) is 42.2 Å². The van der Waals surface area contributed by atoms with Gasteiger partial charge in [0, 0.05) is 30.9 Å². The van der Waals surface area contributed by atoms with Gasteiger partial charge in [0.2, 0.25) is 5.91 Å². The number of nitrogens with zero attached hydrogens (tertiary/aromatic N) is 2. The average molecular weight is 403 g/mol. The standard InChI is InChI=1S/C21H17F4N3O/c1-3-20(29)26-12-14-5-4-13(10-17(14)19-8-9-28(2)27-19)16-7-6-15(11-18(16)22)21(23,24)25/h3-11H,1,12H2,2H3,(H,26,29). The Hall–Kier alpha value is -3.42. The summed E-state index contributed by atoms with van der Waals surface area (Å²) in [6, 6.07) is 9.09. The maximum absolute atomic E-state index is 14.4.